The van der Waals surface area contributed by atoms with E-state index in [4.69, 9.17) is 10.5 Å². The highest BCUT2D eigenvalue weighted by atomic mass is 79.9. The Hall–Kier alpha value is -2.01. The summed E-state index contributed by atoms with van der Waals surface area (Å²) in [4.78, 5) is 12.3. The van der Waals surface area contributed by atoms with Crippen LogP contribution < -0.4 is 15.8 Å². The fourth-order valence-electron chi connectivity index (χ4n) is 1.95. The first kappa shape index (κ1) is 15.4. The molecule has 0 aliphatic carbocycles. The number of anilines is 1. The normalized spacial score (nSPS) is 10.2. The molecular formula is C16H17BrN2O2. The lowest BCUT2D eigenvalue weighted by Crippen LogP contribution is -2.24. The highest BCUT2D eigenvalue weighted by Crippen LogP contribution is 2.26. The maximum atomic E-state index is 12.3. The van der Waals surface area contributed by atoms with Crippen molar-refractivity contribution in [1.82, 2.24) is 5.32 Å². The van der Waals surface area contributed by atoms with E-state index in [1.807, 2.05) is 31.2 Å². The molecule has 0 aromatic heterocycles. The number of benzene rings is 2. The Balaban J connectivity index is 2.14. The van der Waals surface area contributed by atoms with Crippen molar-refractivity contribution < 1.29 is 9.53 Å². The van der Waals surface area contributed by atoms with Crippen LogP contribution in [0.5, 0.6) is 5.75 Å². The molecule has 0 fully saturated rings. The Labute approximate surface area is 132 Å². The molecule has 5 heteroatoms. The van der Waals surface area contributed by atoms with Crippen molar-refractivity contribution in [3.8, 4) is 5.75 Å². The van der Waals surface area contributed by atoms with Crippen LogP contribution in [0.4, 0.5) is 5.69 Å². The topological polar surface area (TPSA) is 64.3 Å². The maximum Gasteiger partial charge on any atom is 0.255 e. The van der Waals surface area contributed by atoms with E-state index in [9.17, 15) is 4.79 Å². The summed E-state index contributed by atoms with van der Waals surface area (Å²) in [6.07, 6.45) is 0. The number of hydrogen-bond donors (Lipinski definition) is 2. The zero-order valence-electron chi connectivity index (χ0n) is 11.7. The summed E-state index contributed by atoms with van der Waals surface area (Å²) >= 11 is 3.46. The molecule has 2 aromatic carbocycles. The van der Waals surface area contributed by atoms with Crippen LogP contribution in [0.1, 0.15) is 22.8 Å². The van der Waals surface area contributed by atoms with Crippen LogP contribution in [0.2, 0.25) is 0 Å². The van der Waals surface area contributed by atoms with Crippen LogP contribution in [0.15, 0.2) is 46.9 Å². The number of carbonyl (C=O) groups is 1. The molecule has 0 spiro atoms. The van der Waals surface area contributed by atoms with Crippen molar-refractivity contribution in [2.45, 2.75) is 13.5 Å². The Bertz CT molecular complexity index is 644. The standard InChI is InChI=1S/C16H17BrN2O2/c1-2-21-15-12(7-5-9-14(15)18)16(20)19-10-11-6-3-4-8-13(11)17/h3-9H,2,10,18H2,1H3,(H,19,20). The number of amides is 1. The first-order valence-electron chi connectivity index (χ1n) is 6.66. The molecule has 21 heavy (non-hydrogen) atoms. The highest BCUT2D eigenvalue weighted by Gasteiger charge is 2.14. The van der Waals surface area contributed by atoms with Crippen LogP contribution in [0.3, 0.4) is 0 Å². The van der Waals surface area contributed by atoms with Gasteiger partial charge in [0.05, 0.1) is 17.9 Å². The van der Waals surface area contributed by atoms with E-state index >= 15 is 0 Å². The number of ether oxygens (including phenoxy) is 1. The number of hydrogen-bond acceptors (Lipinski definition) is 3. The molecule has 0 saturated heterocycles. The summed E-state index contributed by atoms with van der Waals surface area (Å²) in [7, 11) is 0. The zero-order valence-corrected chi connectivity index (χ0v) is 13.3. The lowest BCUT2D eigenvalue weighted by Gasteiger charge is -2.13. The SMILES string of the molecule is CCOc1c(N)cccc1C(=O)NCc1ccccc1Br. The molecule has 0 bridgehead atoms. The van der Waals surface area contributed by atoms with E-state index in [2.05, 4.69) is 21.2 Å². The average molecular weight is 349 g/mol. The molecule has 0 radical (unpaired) electrons. The second-order valence-electron chi connectivity index (χ2n) is 4.43. The smallest absolute Gasteiger partial charge is 0.255 e. The molecular weight excluding hydrogens is 332 g/mol. The van der Waals surface area contributed by atoms with Gasteiger partial charge >= 0.3 is 0 Å². The van der Waals surface area contributed by atoms with Gasteiger partial charge in [-0.3, -0.25) is 4.79 Å². The third kappa shape index (κ3) is 3.76. The molecule has 0 heterocycles. The van der Waals surface area contributed by atoms with Crippen molar-refractivity contribution in [3.05, 3.63) is 58.1 Å². The summed E-state index contributed by atoms with van der Waals surface area (Å²) in [5.41, 5.74) is 7.78. The number of halogens is 1. The number of nitrogens with one attached hydrogen (secondary N) is 1. The Morgan fingerprint density at radius 2 is 2.00 bits per heavy atom. The van der Waals surface area contributed by atoms with Gasteiger partial charge < -0.3 is 15.8 Å². The monoisotopic (exact) mass is 348 g/mol. The molecule has 2 aromatic rings. The fourth-order valence-corrected chi connectivity index (χ4v) is 2.38. The maximum absolute atomic E-state index is 12.3. The van der Waals surface area contributed by atoms with Crippen LogP contribution in [0, 0.1) is 0 Å². The lowest BCUT2D eigenvalue weighted by molar-refractivity contribution is 0.0947. The van der Waals surface area contributed by atoms with Gasteiger partial charge in [-0.05, 0) is 30.7 Å². The number of para-hydroxylation sites is 1. The van der Waals surface area contributed by atoms with Crippen molar-refractivity contribution >= 4 is 27.5 Å². The van der Waals surface area contributed by atoms with E-state index in [-0.39, 0.29) is 5.91 Å². The predicted octanol–water partition coefficient (Wildman–Crippen LogP) is 3.36. The van der Waals surface area contributed by atoms with Crippen LogP contribution in [0.25, 0.3) is 0 Å². The quantitative estimate of drug-likeness (QED) is 0.814. The minimum atomic E-state index is -0.207. The third-order valence-electron chi connectivity index (χ3n) is 2.98. The summed E-state index contributed by atoms with van der Waals surface area (Å²) in [5, 5.41) is 2.88. The summed E-state index contributed by atoms with van der Waals surface area (Å²) < 4.78 is 6.43. The third-order valence-corrected chi connectivity index (χ3v) is 3.75. The van der Waals surface area contributed by atoms with Gasteiger partial charge in [0.2, 0.25) is 0 Å². The molecule has 0 saturated carbocycles. The highest BCUT2D eigenvalue weighted by molar-refractivity contribution is 9.10. The molecule has 2 rings (SSSR count). The largest absolute Gasteiger partial charge is 0.491 e. The first-order chi connectivity index (χ1) is 10.1. The number of nitrogen functional groups attached to an aromatic ring is 1. The van der Waals surface area contributed by atoms with Crippen LogP contribution >= 0.6 is 15.9 Å². The molecule has 0 aliphatic heterocycles. The minimum Gasteiger partial charge on any atom is -0.491 e. The van der Waals surface area contributed by atoms with E-state index < -0.39 is 0 Å². The molecule has 4 nitrogen and oxygen atoms in total. The first-order valence-corrected chi connectivity index (χ1v) is 7.45. The predicted molar refractivity (Wildman–Crippen MR) is 87.3 cm³/mol. The Kier molecular flexibility index (Phi) is 5.22. The molecule has 3 N–H and O–H groups in total. The van der Waals surface area contributed by atoms with Gasteiger partial charge in [-0.15, -0.1) is 0 Å². The Morgan fingerprint density at radius 3 is 2.71 bits per heavy atom. The van der Waals surface area contributed by atoms with Gasteiger partial charge in [-0.1, -0.05) is 40.2 Å². The number of rotatable bonds is 5. The number of carbonyl (C=O) groups excluding carboxylic acids is 1. The van der Waals surface area contributed by atoms with Gasteiger partial charge in [0, 0.05) is 11.0 Å². The van der Waals surface area contributed by atoms with Crippen molar-refractivity contribution in [1.29, 1.82) is 0 Å². The van der Waals surface area contributed by atoms with Gasteiger partial charge in [0.1, 0.15) is 0 Å². The van der Waals surface area contributed by atoms with Crippen LogP contribution in [-0.4, -0.2) is 12.5 Å². The average Bonchev–Trinajstić information content (AvgIpc) is 2.48. The number of nitrogens with two attached hydrogens (primary N) is 1. The van der Waals surface area contributed by atoms with E-state index in [0.717, 1.165) is 10.0 Å². The zero-order chi connectivity index (χ0) is 15.2. The van der Waals surface area contributed by atoms with E-state index in [1.54, 1.807) is 18.2 Å². The second-order valence-corrected chi connectivity index (χ2v) is 5.29. The van der Waals surface area contributed by atoms with E-state index in [0.29, 0.717) is 30.2 Å². The van der Waals surface area contributed by atoms with E-state index in [1.165, 1.54) is 0 Å². The van der Waals surface area contributed by atoms with Crippen molar-refractivity contribution in [2.75, 3.05) is 12.3 Å². The molecule has 1 amide bonds. The Morgan fingerprint density at radius 1 is 1.24 bits per heavy atom. The van der Waals surface area contributed by atoms with Gasteiger partial charge in [0.15, 0.2) is 5.75 Å². The molecule has 0 aliphatic rings. The molecule has 110 valence electrons. The summed E-state index contributed by atoms with van der Waals surface area (Å²) in [6.45, 7) is 2.74. The summed E-state index contributed by atoms with van der Waals surface area (Å²) in [5.74, 6) is 0.228. The molecule has 0 unspecified atom stereocenters. The van der Waals surface area contributed by atoms with Crippen molar-refractivity contribution in [2.24, 2.45) is 0 Å². The van der Waals surface area contributed by atoms with Crippen LogP contribution in [-0.2, 0) is 6.54 Å². The van der Waals surface area contributed by atoms with Gasteiger partial charge in [-0.2, -0.15) is 0 Å². The fraction of sp³-hybridized carbons (Fsp3) is 0.188. The second kappa shape index (κ2) is 7.13. The minimum absolute atomic E-state index is 0.207. The van der Waals surface area contributed by atoms with Gasteiger partial charge in [0.25, 0.3) is 5.91 Å². The van der Waals surface area contributed by atoms with Crippen molar-refractivity contribution in [3.63, 3.8) is 0 Å². The molecule has 0 atom stereocenters. The lowest BCUT2D eigenvalue weighted by atomic mass is 10.1. The van der Waals surface area contributed by atoms with Gasteiger partial charge in [-0.25, -0.2) is 0 Å². The summed E-state index contributed by atoms with van der Waals surface area (Å²) in [6, 6.07) is 12.9.